The first-order valence-electron chi connectivity index (χ1n) is 6.97. The molecular weight excluding hydrogens is 290 g/mol. The van der Waals surface area contributed by atoms with E-state index in [-0.39, 0.29) is 31.6 Å². The van der Waals surface area contributed by atoms with E-state index in [1.165, 1.54) is 0 Å². The molecule has 0 aliphatic carbocycles. The number of hydrogen-bond donors (Lipinski definition) is 2. The Bertz CT molecular complexity index is 545. The van der Waals surface area contributed by atoms with Gasteiger partial charge in [-0.05, 0) is 30.2 Å². The fraction of sp³-hybridized carbons (Fsp3) is 0.467. The minimum atomic E-state index is -1.03. The van der Waals surface area contributed by atoms with Crippen LogP contribution < -0.4 is 14.8 Å². The lowest BCUT2D eigenvalue weighted by Crippen LogP contribution is -2.38. The molecule has 7 heteroatoms. The number of hydrogen-bond acceptors (Lipinski definition) is 5. The molecule has 1 atom stereocenters. The zero-order valence-corrected chi connectivity index (χ0v) is 12.3. The molecule has 1 unspecified atom stereocenters. The van der Waals surface area contributed by atoms with E-state index in [0.717, 1.165) is 17.1 Å². The van der Waals surface area contributed by atoms with Gasteiger partial charge < -0.3 is 24.6 Å². The third-order valence-electron chi connectivity index (χ3n) is 3.32. The minimum absolute atomic E-state index is 0.132. The van der Waals surface area contributed by atoms with Crippen LogP contribution in [0.1, 0.15) is 5.56 Å². The lowest BCUT2D eigenvalue weighted by atomic mass is 9.96. The lowest BCUT2D eigenvalue weighted by molar-refractivity contribution is -0.142. The van der Waals surface area contributed by atoms with E-state index in [1.54, 1.807) is 7.11 Å². The minimum Gasteiger partial charge on any atom is -0.497 e. The molecule has 2 rings (SSSR count). The molecule has 0 bridgehead atoms. The first-order chi connectivity index (χ1) is 10.6. The number of amides is 1. The molecule has 0 aromatic heterocycles. The standard InChI is InChI=1S/C15H19NO6/c1-20-12-2-3-13-10(7-12)6-11(8-22-13)15(19)16-4-5-21-9-14(17)18/h2-3,7,11H,4-6,8-9H2,1H3,(H,16,19)(H,17,18). The number of ether oxygens (including phenoxy) is 3. The van der Waals surface area contributed by atoms with Crippen LogP contribution in [-0.4, -0.2) is 50.5 Å². The molecular formula is C15H19NO6. The number of nitrogens with one attached hydrogen (secondary N) is 1. The van der Waals surface area contributed by atoms with Crippen LogP contribution in [0.2, 0.25) is 0 Å². The SMILES string of the molecule is COc1ccc2c(c1)CC(C(=O)NCCOCC(=O)O)CO2. The molecule has 0 saturated heterocycles. The smallest absolute Gasteiger partial charge is 0.329 e. The molecule has 1 heterocycles. The predicted molar refractivity (Wildman–Crippen MR) is 77.1 cm³/mol. The number of carbonyl (C=O) groups is 2. The summed E-state index contributed by atoms with van der Waals surface area (Å²) in [6.07, 6.45) is 0.578. The average Bonchev–Trinajstić information content (AvgIpc) is 2.52. The number of carboxylic acid groups (broad SMARTS) is 1. The number of methoxy groups -OCH3 is 1. The molecule has 1 amide bonds. The van der Waals surface area contributed by atoms with Crippen LogP contribution in [0.5, 0.6) is 11.5 Å². The van der Waals surface area contributed by atoms with Gasteiger partial charge >= 0.3 is 5.97 Å². The maximum Gasteiger partial charge on any atom is 0.329 e. The van der Waals surface area contributed by atoms with Gasteiger partial charge in [-0.1, -0.05) is 0 Å². The van der Waals surface area contributed by atoms with Crippen LogP contribution in [0.15, 0.2) is 18.2 Å². The van der Waals surface area contributed by atoms with Crippen molar-refractivity contribution in [1.82, 2.24) is 5.32 Å². The van der Waals surface area contributed by atoms with E-state index >= 15 is 0 Å². The Hall–Kier alpha value is -2.28. The number of rotatable bonds is 7. The van der Waals surface area contributed by atoms with Gasteiger partial charge in [0.05, 0.1) is 19.6 Å². The van der Waals surface area contributed by atoms with Crippen molar-refractivity contribution in [2.75, 3.05) is 33.5 Å². The lowest BCUT2D eigenvalue weighted by Gasteiger charge is -2.25. The molecule has 2 N–H and O–H groups in total. The maximum absolute atomic E-state index is 12.1. The molecule has 120 valence electrons. The Kier molecular flexibility index (Phi) is 5.60. The summed E-state index contributed by atoms with van der Waals surface area (Å²) in [5.41, 5.74) is 0.938. The Labute approximate surface area is 128 Å². The monoisotopic (exact) mass is 309 g/mol. The van der Waals surface area contributed by atoms with E-state index in [4.69, 9.17) is 19.3 Å². The highest BCUT2D eigenvalue weighted by atomic mass is 16.5. The Morgan fingerprint density at radius 2 is 2.27 bits per heavy atom. The van der Waals surface area contributed by atoms with Crippen LogP contribution in [0, 0.1) is 5.92 Å². The highest BCUT2D eigenvalue weighted by molar-refractivity contribution is 5.79. The normalized spacial score (nSPS) is 16.3. The topological polar surface area (TPSA) is 94.1 Å². The van der Waals surface area contributed by atoms with Crippen LogP contribution in [0.25, 0.3) is 0 Å². The van der Waals surface area contributed by atoms with Gasteiger partial charge in [-0.3, -0.25) is 4.79 Å². The molecule has 1 aromatic rings. The van der Waals surface area contributed by atoms with E-state index in [2.05, 4.69) is 5.32 Å². The maximum atomic E-state index is 12.1. The molecule has 0 radical (unpaired) electrons. The summed E-state index contributed by atoms with van der Waals surface area (Å²) in [6, 6.07) is 5.52. The number of aliphatic carboxylic acids is 1. The van der Waals surface area contributed by atoms with Crippen molar-refractivity contribution in [2.24, 2.45) is 5.92 Å². The summed E-state index contributed by atoms with van der Waals surface area (Å²) in [6.45, 7) is 0.389. The van der Waals surface area contributed by atoms with Crippen molar-refractivity contribution in [2.45, 2.75) is 6.42 Å². The third kappa shape index (κ3) is 4.36. The van der Waals surface area contributed by atoms with Crippen molar-refractivity contribution in [1.29, 1.82) is 0 Å². The Morgan fingerprint density at radius 3 is 3.00 bits per heavy atom. The number of carboxylic acids is 1. The van der Waals surface area contributed by atoms with E-state index < -0.39 is 5.97 Å². The van der Waals surface area contributed by atoms with Crippen molar-refractivity contribution in [3.8, 4) is 11.5 Å². The zero-order valence-electron chi connectivity index (χ0n) is 12.3. The first-order valence-corrected chi connectivity index (χ1v) is 6.97. The summed E-state index contributed by atoms with van der Waals surface area (Å²) in [5, 5.41) is 11.1. The summed E-state index contributed by atoms with van der Waals surface area (Å²) in [7, 11) is 1.59. The zero-order chi connectivity index (χ0) is 15.9. The van der Waals surface area contributed by atoms with Gasteiger partial charge in [0.1, 0.15) is 24.7 Å². The average molecular weight is 309 g/mol. The van der Waals surface area contributed by atoms with Crippen LogP contribution >= 0.6 is 0 Å². The molecule has 1 aliphatic heterocycles. The molecule has 22 heavy (non-hydrogen) atoms. The number of fused-ring (bicyclic) bond motifs is 1. The third-order valence-corrected chi connectivity index (χ3v) is 3.32. The Balaban J connectivity index is 1.81. The summed E-state index contributed by atoms with van der Waals surface area (Å²) in [5.74, 6) is 0.0594. The van der Waals surface area contributed by atoms with Crippen LogP contribution in [0.4, 0.5) is 0 Å². The highest BCUT2D eigenvalue weighted by Crippen LogP contribution is 2.30. The van der Waals surface area contributed by atoms with Gasteiger partial charge in [-0.2, -0.15) is 0 Å². The molecule has 0 spiro atoms. The second-order valence-electron chi connectivity index (χ2n) is 4.92. The molecule has 0 saturated carbocycles. The largest absolute Gasteiger partial charge is 0.497 e. The molecule has 7 nitrogen and oxygen atoms in total. The fourth-order valence-corrected chi connectivity index (χ4v) is 2.22. The summed E-state index contributed by atoms with van der Waals surface area (Å²) >= 11 is 0. The van der Waals surface area contributed by atoms with Crippen LogP contribution in [0.3, 0.4) is 0 Å². The van der Waals surface area contributed by atoms with E-state index in [0.29, 0.717) is 13.0 Å². The molecule has 1 aromatic carbocycles. The second-order valence-corrected chi connectivity index (χ2v) is 4.92. The van der Waals surface area contributed by atoms with Crippen molar-refractivity contribution < 1.29 is 28.9 Å². The van der Waals surface area contributed by atoms with Crippen molar-refractivity contribution in [3.05, 3.63) is 23.8 Å². The van der Waals surface area contributed by atoms with E-state index in [1.807, 2.05) is 18.2 Å². The number of carbonyl (C=O) groups excluding carboxylic acids is 1. The second kappa shape index (κ2) is 7.65. The Morgan fingerprint density at radius 1 is 1.45 bits per heavy atom. The number of benzene rings is 1. The molecule has 1 aliphatic rings. The van der Waals surface area contributed by atoms with Gasteiger partial charge in [0, 0.05) is 6.54 Å². The first kappa shape index (κ1) is 16.1. The van der Waals surface area contributed by atoms with Gasteiger partial charge in [0.25, 0.3) is 0 Å². The highest BCUT2D eigenvalue weighted by Gasteiger charge is 2.26. The summed E-state index contributed by atoms with van der Waals surface area (Å²) in [4.78, 5) is 22.3. The van der Waals surface area contributed by atoms with Gasteiger partial charge in [-0.25, -0.2) is 4.79 Å². The molecule has 0 fully saturated rings. The van der Waals surface area contributed by atoms with E-state index in [9.17, 15) is 9.59 Å². The van der Waals surface area contributed by atoms with Crippen LogP contribution in [-0.2, 0) is 20.7 Å². The fourth-order valence-electron chi connectivity index (χ4n) is 2.22. The summed E-state index contributed by atoms with van der Waals surface area (Å²) < 4.78 is 15.6. The van der Waals surface area contributed by atoms with Crippen molar-refractivity contribution in [3.63, 3.8) is 0 Å². The van der Waals surface area contributed by atoms with Gasteiger partial charge in [0.2, 0.25) is 5.91 Å². The van der Waals surface area contributed by atoms with Gasteiger partial charge in [0.15, 0.2) is 0 Å². The quantitative estimate of drug-likeness (QED) is 0.711. The van der Waals surface area contributed by atoms with Crippen molar-refractivity contribution >= 4 is 11.9 Å². The van der Waals surface area contributed by atoms with Gasteiger partial charge in [-0.15, -0.1) is 0 Å². The predicted octanol–water partition coefficient (Wildman–Crippen LogP) is 0.464.